The van der Waals surface area contributed by atoms with Gasteiger partial charge in [0.2, 0.25) is 0 Å². The molecular weight excluding hydrogens is 124 g/mol. The van der Waals surface area contributed by atoms with Gasteiger partial charge in [0.1, 0.15) is 5.70 Å². The van der Waals surface area contributed by atoms with E-state index in [1.165, 1.54) is 23.3 Å². The average Bonchev–Trinajstić information content (AvgIpc) is 2.33. The third kappa shape index (κ3) is 0.801. The van der Waals surface area contributed by atoms with Gasteiger partial charge in [-0.25, -0.2) is 0 Å². The quantitative estimate of drug-likeness (QED) is 0.501. The molecule has 0 aromatic heterocycles. The molecule has 2 rings (SSSR count). The van der Waals surface area contributed by atoms with E-state index < -0.39 is 0 Å². The van der Waals surface area contributed by atoms with Crippen molar-refractivity contribution in [3.63, 3.8) is 0 Å². The lowest BCUT2D eigenvalue weighted by Gasteiger charge is -2.05. The second-order valence-electron chi connectivity index (χ2n) is 2.91. The van der Waals surface area contributed by atoms with E-state index in [1.807, 2.05) is 0 Å². The topological polar surface area (TPSA) is 26.3 Å². The van der Waals surface area contributed by atoms with Crippen LogP contribution in [0.25, 0.3) is 0 Å². The summed E-state index contributed by atoms with van der Waals surface area (Å²) in [7, 11) is 0. The van der Waals surface area contributed by atoms with Gasteiger partial charge in [0.15, 0.2) is 6.54 Å². The van der Waals surface area contributed by atoms with E-state index >= 15 is 0 Å². The van der Waals surface area contributed by atoms with Crippen molar-refractivity contribution in [3.8, 4) is 0 Å². The van der Waals surface area contributed by atoms with E-state index in [0.29, 0.717) is 0 Å². The Morgan fingerprint density at radius 2 is 2.40 bits per heavy atom. The summed E-state index contributed by atoms with van der Waals surface area (Å²) in [4.78, 5) is 0. The summed E-state index contributed by atoms with van der Waals surface area (Å²) < 4.78 is 0. The van der Waals surface area contributed by atoms with Gasteiger partial charge in [-0.2, -0.15) is 0 Å². The van der Waals surface area contributed by atoms with Crippen molar-refractivity contribution >= 4 is 0 Å². The predicted octanol–water partition coefficient (Wildman–Crippen LogP) is 0.527. The van der Waals surface area contributed by atoms with Crippen LogP contribution in [0.1, 0.15) is 19.8 Å². The summed E-state index contributed by atoms with van der Waals surface area (Å²) in [6.07, 6.45) is 4.57. The summed E-state index contributed by atoms with van der Waals surface area (Å²) in [5, 5.41) is 7.17. The SMILES string of the molecule is CC1=CC2=C(CC1)N=[NH+]C2. The smallest absolute Gasteiger partial charge is 0.133 e. The fourth-order valence-corrected chi connectivity index (χ4v) is 1.43. The Labute approximate surface area is 60.3 Å². The Bertz CT molecular complexity index is 246. The predicted molar refractivity (Wildman–Crippen MR) is 38.3 cm³/mol. The summed E-state index contributed by atoms with van der Waals surface area (Å²) in [6.45, 7) is 3.12. The lowest BCUT2D eigenvalue weighted by Crippen LogP contribution is -2.63. The van der Waals surface area contributed by atoms with Gasteiger partial charge < -0.3 is 0 Å². The Balaban J connectivity index is 2.34. The second-order valence-corrected chi connectivity index (χ2v) is 2.91. The van der Waals surface area contributed by atoms with Crippen molar-refractivity contribution in [1.29, 1.82) is 0 Å². The van der Waals surface area contributed by atoms with Crippen LogP contribution in [-0.4, -0.2) is 6.54 Å². The van der Waals surface area contributed by atoms with Crippen LogP contribution in [0.5, 0.6) is 0 Å². The van der Waals surface area contributed by atoms with Crippen molar-refractivity contribution in [2.24, 2.45) is 5.11 Å². The minimum Gasteiger partial charge on any atom is -0.133 e. The van der Waals surface area contributed by atoms with Gasteiger partial charge in [-0.15, -0.1) is 5.11 Å². The zero-order valence-corrected chi connectivity index (χ0v) is 6.15. The first-order valence-electron chi connectivity index (χ1n) is 3.69. The van der Waals surface area contributed by atoms with E-state index in [0.717, 1.165) is 13.0 Å². The van der Waals surface area contributed by atoms with Crippen molar-refractivity contribution < 1.29 is 5.11 Å². The number of azo groups is 1. The molecule has 1 aliphatic carbocycles. The molecule has 1 N–H and O–H groups in total. The third-order valence-corrected chi connectivity index (χ3v) is 2.03. The normalized spacial score (nSPS) is 23.1. The van der Waals surface area contributed by atoms with E-state index in [-0.39, 0.29) is 0 Å². The highest BCUT2D eigenvalue weighted by Gasteiger charge is 2.18. The highest BCUT2D eigenvalue weighted by Crippen LogP contribution is 2.23. The maximum Gasteiger partial charge on any atom is 0.193 e. The lowest BCUT2D eigenvalue weighted by atomic mass is 9.99. The maximum absolute atomic E-state index is 4.18. The summed E-state index contributed by atoms with van der Waals surface area (Å²) in [5.74, 6) is 0. The van der Waals surface area contributed by atoms with Crippen molar-refractivity contribution in [1.82, 2.24) is 0 Å². The van der Waals surface area contributed by atoms with Gasteiger partial charge in [0.25, 0.3) is 0 Å². The van der Waals surface area contributed by atoms with E-state index in [1.54, 1.807) is 0 Å². The Kier molecular flexibility index (Phi) is 1.19. The molecule has 10 heavy (non-hydrogen) atoms. The van der Waals surface area contributed by atoms with E-state index in [9.17, 15) is 0 Å². The van der Waals surface area contributed by atoms with Gasteiger partial charge in [-0.05, 0) is 24.9 Å². The maximum atomic E-state index is 4.18. The molecule has 0 aromatic carbocycles. The fraction of sp³-hybridized carbons (Fsp3) is 0.500. The average molecular weight is 135 g/mol. The lowest BCUT2D eigenvalue weighted by molar-refractivity contribution is -0.513. The molecular formula is C8H11N2+. The van der Waals surface area contributed by atoms with E-state index in [2.05, 4.69) is 23.2 Å². The molecule has 0 radical (unpaired) electrons. The van der Waals surface area contributed by atoms with Crippen molar-refractivity contribution in [3.05, 3.63) is 22.9 Å². The highest BCUT2D eigenvalue weighted by atomic mass is 15.1. The number of nitrogens with one attached hydrogen (secondary N) is 1. The standard InChI is InChI=1S/C8H10N2/c1-6-2-3-8-7(4-6)5-9-10-8/h4H,2-3,5H2,1H3/p+1. The molecule has 0 aromatic rings. The summed E-state index contributed by atoms with van der Waals surface area (Å²) >= 11 is 0. The number of hydrogen-bond acceptors (Lipinski definition) is 1. The first-order chi connectivity index (χ1) is 4.86. The number of hydrogen-bond donors (Lipinski definition) is 1. The molecule has 0 fully saturated rings. The molecule has 0 bridgehead atoms. The molecule has 52 valence electrons. The van der Waals surface area contributed by atoms with Crippen LogP contribution in [-0.2, 0) is 0 Å². The molecule has 0 atom stereocenters. The molecule has 1 aliphatic heterocycles. The monoisotopic (exact) mass is 135 g/mol. The summed E-state index contributed by atoms with van der Waals surface area (Å²) in [5.41, 5.74) is 4.15. The van der Waals surface area contributed by atoms with Gasteiger partial charge >= 0.3 is 0 Å². The first kappa shape index (κ1) is 5.83. The molecule has 2 nitrogen and oxygen atoms in total. The fourth-order valence-electron chi connectivity index (χ4n) is 1.43. The van der Waals surface area contributed by atoms with Crippen molar-refractivity contribution in [2.75, 3.05) is 6.54 Å². The molecule has 2 heteroatoms. The molecule has 2 aliphatic rings. The molecule has 0 spiro atoms. The zero-order chi connectivity index (χ0) is 6.97. The Hall–Kier alpha value is -0.920. The second kappa shape index (κ2) is 2.04. The van der Waals surface area contributed by atoms with Crippen LogP contribution in [0.15, 0.2) is 28.0 Å². The van der Waals surface area contributed by atoms with Crippen molar-refractivity contribution in [2.45, 2.75) is 19.8 Å². The van der Waals surface area contributed by atoms with E-state index in [4.69, 9.17) is 0 Å². The molecule has 0 amide bonds. The minimum atomic E-state index is 0.937. The highest BCUT2D eigenvalue weighted by molar-refractivity contribution is 5.32. The first-order valence-corrected chi connectivity index (χ1v) is 3.69. The number of allylic oxidation sites excluding steroid dienone is 2. The van der Waals surface area contributed by atoms with Crippen LogP contribution in [0.4, 0.5) is 0 Å². The van der Waals surface area contributed by atoms with Crippen LogP contribution in [0, 0.1) is 0 Å². The van der Waals surface area contributed by atoms with Gasteiger partial charge in [-0.3, -0.25) is 0 Å². The number of rotatable bonds is 0. The largest absolute Gasteiger partial charge is 0.193 e. The molecule has 0 saturated carbocycles. The van der Waals surface area contributed by atoms with Gasteiger partial charge in [0.05, 0.1) is 0 Å². The Morgan fingerprint density at radius 1 is 1.50 bits per heavy atom. The van der Waals surface area contributed by atoms with Gasteiger partial charge in [-0.1, -0.05) is 11.6 Å². The molecule has 0 unspecified atom stereocenters. The van der Waals surface area contributed by atoms with Crippen LogP contribution in [0.2, 0.25) is 0 Å². The van der Waals surface area contributed by atoms with Crippen LogP contribution < -0.4 is 5.11 Å². The minimum absolute atomic E-state index is 0.937. The molecule has 1 heterocycles. The third-order valence-electron chi connectivity index (χ3n) is 2.03. The van der Waals surface area contributed by atoms with Crippen LogP contribution in [0.3, 0.4) is 0 Å². The van der Waals surface area contributed by atoms with Gasteiger partial charge in [0, 0.05) is 5.57 Å². The number of nitrogens with zero attached hydrogens (tertiary/aromatic N) is 1. The van der Waals surface area contributed by atoms with Crippen LogP contribution >= 0.6 is 0 Å². The summed E-state index contributed by atoms with van der Waals surface area (Å²) in [6, 6.07) is 0. The molecule has 0 saturated heterocycles. The zero-order valence-electron chi connectivity index (χ0n) is 6.15. The Morgan fingerprint density at radius 3 is 3.30 bits per heavy atom.